The lowest BCUT2D eigenvalue weighted by Gasteiger charge is -2.10. The van der Waals surface area contributed by atoms with E-state index >= 15 is 0 Å². The third kappa shape index (κ3) is 3.85. The zero-order valence-corrected chi connectivity index (χ0v) is 10.8. The van der Waals surface area contributed by atoms with Gasteiger partial charge in [0.25, 0.3) is 0 Å². The molecule has 0 saturated carbocycles. The Morgan fingerprint density at radius 1 is 1.00 bits per heavy atom. The Morgan fingerprint density at radius 2 is 1.74 bits per heavy atom. The van der Waals surface area contributed by atoms with Crippen LogP contribution in [0.4, 0.5) is 0 Å². The van der Waals surface area contributed by atoms with E-state index in [1.807, 2.05) is 49.4 Å². The van der Waals surface area contributed by atoms with Crippen LogP contribution in [0.1, 0.15) is 15.9 Å². The monoisotopic (exact) mass is 256 g/mol. The van der Waals surface area contributed by atoms with E-state index in [9.17, 15) is 4.79 Å². The van der Waals surface area contributed by atoms with Crippen LogP contribution in [0.5, 0.6) is 11.5 Å². The SMILES string of the molecule is Cc1ccc(C=O)c(OCCOc2ccccc2)c1. The molecule has 19 heavy (non-hydrogen) atoms. The number of rotatable bonds is 6. The molecule has 0 N–H and O–H groups in total. The number of hydrogen-bond donors (Lipinski definition) is 0. The number of para-hydroxylation sites is 1. The van der Waals surface area contributed by atoms with Gasteiger partial charge in [-0.15, -0.1) is 0 Å². The second-order valence-electron chi connectivity index (χ2n) is 4.17. The van der Waals surface area contributed by atoms with Gasteiger partial charge in [0.1, 0.15) is 24.7 Å². The van der Waals surface area contributed by atoms with E-state index in [-0.39, 0.29) is 0 Å². The van der Waals surface area contributed by atoms with Gasteiger partial charge in [0.15, 0.2) is 6.29 Å². The number of aldehydes is 1. The molecule has 0 amide bonds. The van der Waals surface area contributed by atoms with Crippen molar-refractivity contribution in [3.05, 3.63) is 59.7 Å². The van der Waals surface area contributed by atoms with Gasteiger partial charge in [-0.3, -0.25) is 4.79 Å². The third-order valence-electron chi connectivity index (χ3n) is 2.65. The summed E-state index contributed by atoms with van der Waals surface area (Å²) in [4.78, 5) is 10.9. The van der Waals surface area contributed by atoms with Gasteiger partial charge >= 0.3 is 0 Å². The van der Waals surface area contributed by atoms with Gasteiger partial charge < -0.3 is 9.47 Å². The van der Waals surface area contributed by atoms with Crippen LogP contribution in [-0.4, -0.2) is 19.5 Å². The molecule has 0 fully saturated rings. The van der Waals surface area contributed by atoms with Crippen molar-refractivity contribution in [2.24, 2.45) is 0 Å². The normalized spacial score (nSPS) is 9.95. The number of carbonyl (C=O) groups excluding carboxylic acids is 1. The molecule has 0 aliphatic rings. The number of aryl methyl sites for hydroxylation is 1. The first-order valence-electron chi connectivity index (χ1n) is 6.16. The molecule has 98 valence electrons. The van der Waals surface area contributed by atoms with Crippen molar-refractivity contribution >= 4 is 6.29 Å². The van der Waals surface area contributed by atoms with E-state index in [4.69, 9.17) is 9.47 Å². The minimum absolute atomic E-state index is 0.402. The first-order chi connectivity index (χ1) is 9.29. The number of carbonyl (C=O) groups is 1. The lowest BCUT2D eigenvalue weighted by atomic mass is 10.1. The van der Waals surface area contributed by atoms with Crippen LogP contribution >= 0.6 is 0 Å². The zero-order valence-electron chi connectivity index (χ0n) is 10.8. The Labute approximate surface area is 112 Å². The first-order valence-corrected chi connectivity index (χ1v) is 6.16. The Hall–Kier alpha value is -2.29. The largest absolute Gasteiger partial charge is 0.490 e. The van der Waals surface area contributed by atoms with Gasteiger partial charge in [-0.2, -0.15) is 0 Å². The second kappa shape index (κ2) is 6.59. The van der Waals surface area contributed by atoms with E-state index in [0.29, 0.717) is 24.5 Å². The fraction of sp³-hybridized carbons (Fsp3) is 0.188. The average molecular weight is 256 g/mol. The molecule has 2 aromatic carbocycles. The Morgan fingerprint density at radius 3 is 2.47 bits per heavy atom. The van der Waals surface area contributed by atoms with Gasteiger partial charge in [0.05, 0.1) is 5.56 Å². The summed E-state index contributed by atoms with van der Waals surface area (Å²) in [7, 11) is 0. The maximum absolute atomic E-state index is 10.9. The molecule has 0 spiro atoms. The predicted molar refractivity (Wildman–Crippen MR) is 74.0 cm³/mol. The van der Waals surface area contributed by atoms with E-state index in [1.165, 1.54) is 0 Å². The van der Waals surface area contributed by atoms with Crippen LogP contribution < -0.4 is 9.47 Å². The maximum atomic E-state index is 10.9. The summed E-state index contributed by atoms with van der Waals surface area (Å²) in [6.07, 6.45) is 0.798. The molecular weight excluding hydrogens is 240 g/mol. The van der Waals surface area contributed by atoms with Gasteiger partial charge in [0.2, 0.25) is 0 Å². The molecule has 0 saturated heterocycles. The van der Waals surface area contributed by atoms with Gasteiger partial charge in [0, 0.05) is 0 Å². The highest BCUT2D eigenvalue weighted by atomic mass is 16.5. The molecule has 3 nitrogen and oxygen atoms in total. The Bertz CT molecular complexity index is 535. The van der Waals surface area contributed by atoms with Crippen molar-refractivity contribution in [1.82, 2.24) is 0 Å². The van der Waals surface area contributed by atoms with Crippen molar-refractivity contribution < 1.29 is 14.3 Å². The van der Waals surface area contributed by atoms with Crippen LogP contribution in [0.3, 0.4) is 0 Å². The molecule has 0 aliphatic heterocycles. The second-order valence-corrected chi connectivity index (χ2v) is 4.17. The molecule has 0 heterocycles. The van der Waals surface area contributed by atoms with Crippen molar-refractivity contribution in [2.75, 3.05) is 13.2 Å². The van der Waals surface area contributed by atoms with Gasteiger partial charge in [-0.1, -0.05) is 24.3 Å². The quantitative estimate of drug-likeness (QED) is 0.588. The fourth-order valence-corrected chi connectivity index (χ4v) is 1.69. The summed E-state index contributed by atoms with van der Waals surface area (Å²) in [6, 6.07) is 15.1. The highest BCUT2D eigenvalue weighted by Gasteiger charge is 2.03. The lowest BCUT2D eigenvalue weighted by molar-refractivity contribution is 0.111. The predicted octanol–water partition coefficient (Wildman–Crippen LogP) is 3.27. The Kier molecular flexibility index (Phi) is 4.56. The van der Waals surface area contributed by atoms with E-state index in [0.717, 1.165) is 17.6 Å². The highest BCUT2D eigenvalue weighted by Crippen LogP contribution is 2.18. The number of benzene rings is 2. The van der Waals surface area contributed by atoms with Crippen LogP contribution in [0.15, 0.2) is 48.5 Å². The maximum Gasteiger partial charge on any atom is 0.153 e. The van der Waals surface area contributed by atoms with Crippen molar-refractivity contribution in [2.45, 2.75) is 6.92 Å². The molecule has 3 heteroatoms. The van der Waals surface area contributed by atoms with Crippen LogP contribution in [-0.2, 0) is 0 Å². The molecular formula is C16H16O3. The smallest absolute Gasteiger partial charge is 0.153 e. The van der Waals surface area contributed by atoms with Gasteiger partial charge in [-0.25, -0.2) is 0 Å². The minimum atomic E-state index is 0.402. The molecule has 2 rings (SSSR count). The molecule has 0 atom stereocenters. The summed E-state index contributed by atoms with van der Waals surface area (Å²) < 4.78 is 11.1. The van der Waals surface area contributed by atoms with Crippen LogP contribution in [0, 0.1) is 6.92 Å². The van der Waals surface area contributed by atoms with Crippen molar-refractivity contribution in [3.8, 4) is 11.5 Å². The molecule has 0 aliphatic carbocycles. The van der Waals surface area contributed by atoms with Crippen LogP contribution in [0.25, 0.3) is 0 Å². The third-order valence-corrected chi connectivity index (χ3v) is 2.65. The van der Waals surface area contributed by atoms with Crippen LogP contribution in [0.2, 0.25) is 0 Å². The van der Waals surface area contributed by atoms with Crippen molar-refractivity contribution in [3.63, 3.8) is 0 Å². The summed E-state index contributed by atoms with van der Waals surface area (Å²) >= 11 is 0. The molecule has 0 bridgehead atoms. The summed E-state index contributed by atoms with van der Waals surface area (Å²) in [6.45, 7) is 2.80. The number of hydrogen-bond acceptors (Lipinski definition) is 3. The van der Waals surface area contributed by atoms with Crippen molar-refractivity contribution in [1.29, 1.82) is 0 Å². The summed E-state index contributed by atoms with van der Waals surface area (Å²) in [5.41, 5.74) is 1.62. The standard InChI is InChI=1S/C16H16O3/c1-13-7-8-14(12-17)16(11-13)19-10-9-18-15-5-3-2-4-6-15/h2-8,11-12H,9-10H2,1H3. The van der Waals surface area contributed by atoms with E-state index in [2.05, 4.69) is 0 Å². The highest BCUT2D eigenvalue weighted by molar-refractivity contribution is 5.79. The minimum Gasteiger partial charge on any atom is -0.490 e. The average Bonchev–Trinajstić information content (AvgIpc) is 2.45. The zero-order chi connectivity index (χ0) is 13.5. The molecule has 0 unspecified atom stereocenters. The number of ether oxygens (including phenoxy) is 2. The summed E-state index contributed by atoms with van der Waals surface area (Å²) in [5.74, 6) is 1.41. The molecule has 0 aromatic heterocycles. The van der Waals surface area contributed by atoms with Gasteiger partial charge in [-0.05, 0) is 36.8 Å². The topological polar surface area (TPSA) is 35.5 Å². The summed E-state index contributed by atoms with van der Waals surface area (Å²) in [5, 5.41) is 0. The fourth-order valence-electron chi connectivity index (χ4n) is 1.69. The lowest BCUT2D eigenvalue weighted by Crippen LogP contribution is -2.10. The molecule has 2 aromatic rings. The Balaban J connectivity index is 1.86. The molecule has 0 radical (unpaired) electrons. The van der Waals surface area contributed by atoms with E-state index in [1.54, 1.807) is 6.07 Å². The van der Waals surface area contributed by atoms with E-state index < -0.39 is 0 Å². The first kappa shape index (κ1) is 13.1.